The van der Waals surface area contributed by atoms with Crippen molar-refractivity contribution < 1.29 is 33.7 Å². The summed E-state index contributed by atoms with van der Waals surface area (Å²) in [5.74, 6) is -1.38. The zero-order valence-electron chi connectivity index (χ0n) is 13.5. The van der Waals surface area contributed by atoms with E-state index in [2.05, 4.69) is 0 Å². The number of Topliss-reactive ketones (excluding diaryl/α,β-unsaturated/α-hetero) is 2. The van der Waals surface area contributed by atoms with Crippen molar-refractivity contribution in [3.8, 4) is 17.2 Å². The topological polar surface area (TPSA) is 99.1 Å². The first kappa shape index (κ1) is 17.8. The predicted molar refractivity (Wildman–Crippen MR) is 83.5 cm³/mol. The first-order valence-corrected chi connectivity index (χ1v) is 7.80. The molecule has 1 aliphatic heterocycles. The van der Waals surface area contributed by atoms with Crippen LogP contribution < -0.4 is 9.47 Å². The van der Waals surface area contributed by atoms with Crippen molar-refractivity contribution in [2.75, 3.05) is 20.3 Å². The van der Waals surface area contributed by atoms with Gasteiger partial charge < -0.3 is 19.3 Å². The highest BCUT2D eigenvalue weighted by atomic mass is 16.5. The Hall–Kier alpha value is -2.57. The van der Waals surface area contributed by atoms with Crippen LogP contribution in [0.5, 0.6) is 17.2 Å². The SMILES string of the molecule is COc1cc(O)c2c(c1)OCCCC(=O)C(=O)CCCCOC2=O. The maximum Gasteiger partial charge on any atom is 0.345 e. The van der Waals surface area contributed by atoms with E-state index in [0.717, 1.165) is 0 Å². The Morgan fingerprint density at radius 2 is 1.62 bits per heavy atom. The number of ether oxygens (including phenoxy) is 3. The van der Waals surface area contributed by atoms with Crippen LogP contribution in [0.2, 0.25) is 0 Å². The highest BCUT2D eigenvalue weighted by molar-refractivity contribution is 6.37. The minimum Gasteiger partial charge on any atom is -0.507 e. The standard InChI is InChI=1S/C17H20O7/c1-22-11-9-14(20)16-15(10-11)23-8-4-6-13(19)12(18)5-2-3-7-24-17(16)21/h9-10,20H,2-8H2,1H3. The normalized spacial score (nSPS) is 17.3. The third kappa shape index (κ3) is 4.47. The summed E-state index contributed by atoms with van der Waals surface area (Å²) in [4.78, 5) is 35.5. The van der Waals surface area contributed by atoms with Crippen molar-refractivity contribution in [1.82, 2.24) is 0 Å². The zero-order chi connectivity index (χ0) is 17.5. The summed E-state index contributed by atoms with van der Waals surface area (Å²) in [6.45, 7) is 0.205. The minimum atomic E-state index is -0.704. The average Bonchev–Trinajstić information content (AvgIpc) is 2.56. The fourth-order valence-electron chi connectivity index (χ4n) is 2.33. The van der Waals surface area contributed by atoms with E-state index in [4.69, 9.17) is 14.2 Å². The van der Waals surface area contributed by atoms with Gasteiger partial charge in [0, 0.05) is 25.0 Å². The van der Waals surface area contributed by atoms with Crippen molar-refractivity contribution in [1.29, 1.82) is 0 Å². The molecule has 1 heterocycles. The molecule has 1 aromatic rings. The van der Waals surface area contributed by atoms with Crippen LogP contribution in [0.15, 0.2) is 12.1 Å². The molecule has 0 spiro atoms. The number of esters is 1. The maximum absolute atomic E-state index is 12.2. The Balaban J connectivity index is 2.23. The fraction of sp³-hybridized carbons (Fsp3) is 0.471. The fourth-order valence-corrected chi connectivity index (χ4v) is 2.33. The van der Waals surface area contributed by atoms with Gasteiger partial charge in [-0.2, -0.15) is 0 Å². The van der Waals surface area contributed by atoms with E-state index in [0.29, 0.717) is 25.0 Å². The number of hydrogen-bond donors (Lipinski definition) is 1. The van der Waals surface area contributed by atoms with Crippen LogP contribution in [-0.4, -0.2) is 43.0 Å². The van der Waals surface area contributed by atoms with E-state index in [-0.39, 0.29) is 43.1 Å². The van der Waals surface area contributed by atoms with Crippen LogP contribution >= 0.6 is 0 Å². The Morgan fingerprint density at radius 3 is 2.33 bits per heavy atom. The van der Waals surface area contributed by atoms with Gasteiger partial charge in [0.05, 0.1) is 20.3 Å². The summed E-state index contributed by atoms with van der Waals surface area (Å²) in [5.41, 5.74) is -0.0738. The number of hydrogen-bond acceptors (Lipinski definition) is 7. The molecule has 1 aliphatic rings. The van der Waals surface area contributed by atoms with Crippen molar-refractivity contribution in [3.63, 3.8) is 0 Å². The number of aromatic hydroxyl groups is 1. The van der Waals surface area contributed by atoms with Gasteiger partial charge in [0.25, 0.3) is 0 Å². The number of rotatable bonds is 1. The lowest BCUT2D eigenvalue weighted by Crippen LogP contribution is -2.16. The van der Waals surface area contributed by atoms with Crippen molar-refractivity contribution in [2.24, 2.45) is 0 Å². The van der Waals surface area contributed by atoms with Gasteiger partial charge >= 0.3 is 5.97 Å². The Bertz CT molecular complexity index is 636. The molecule has 0 saturated carbocycles. The summed E-state index contributed by atoms with van der Waals surface area (Å²) < 4.78 is 15.7. The molecule has 0 bridgehead atoms. The molecule has 1 N–H and O–H groups in total. The second-order valence-electron chi connectivity index (χ2n) is 5.41. The second-order valence-corrected chi connectivity index (χ2v) is 5.41. The maximum atomic E-state index is 12.2. The van der Waals surface area contributed by atoms with Gasteiger partial charge in [-0.3, -0.25) is 9.59 Å². The number of cyclic esters (lactones) is 1. The average molecular weight is 336 g/mol. The minimum absolute atomic E-state index is 0.0738. The number of fused-ring (bicyclic) bond motifs is 1. The van der Waals surface area contributed by atoms with Crippen molar-refractivity contribution in [3.05, 3.63) is 17.7 Å². The zero-order valence-corrected chi connectivity index (χ0v) is 13.5. The van der Waals surface area contributed by atoms with E-state index >= 15 is 0 Å². The van der Waals surface area contributed by atoms with Gasteiger partial charge in [-0.25, -0.2) is 4.79 Å². The van der Waals surface area contributed by atoms with E-state index in [1.807, 2.05) is 0 Å². The quantitative estimate of drug-likeness (QED) is 0.619. The number of phenols is 1. The molecule has 0 aromatic heterocycles. The van der Waals surface area contributed by atoms with Crippen LogP contribution in [0.4, 0.5) is 0 Å². The highest BCUT2D eigenvalue weighted by Crippen LogP contribution is 2.34. The summed E-state index contributed by atoms with van der Waals surface area (Å²) in [6.07, 6.45) is 1.50. The van der Waals surface area contributed by atoms with Gasteiger partial charge in [0.15, 0.2) is 11.6 Å². The molecule has 0 fully saturated rings. The lowest BCUT2D eigenvalue weighted by atomic mass is 10.1. The van der Waals surface area contributed by atoms with Crippen LogP contribution in [0, 0.1) is 0 Å². The highest BCUT2D eigenvalue weighted by Gasteiger charge is 2.22. The van der Waals surface area contributed by atoms with Gasteiger partial charge in [0.1, 0.15) is 22.8 Å². The predicted octanol–water partition coefficient (Wildman–Crippen LogP) is 2.04. The number of phenolic OH excluding ortho intramolecular Hbond substituents is 1. The number of carbonyl (C=O) groups is 3. The van der Waals surface area contributed by atoms with Crippen molar-refractivity contribution in [2.45, 2.75) is 32.1 Å². The molecule has 0 amide bonds. The van der Waals surface area contributed by atoms with Crippen LogP contribution in [0.25, 0.3) is 0 Å². The molecule has 130 valence electrons. The molecule has 0 atom stereocenters. The number of carbonyl (C=O) groups excluding carboxylic acids is 3. The molecular weight excluding hydrogens is 316 g/mol. The van der Waals surface area contributed by atoms with E-state index in [9.17, 15) is 19.5 Å². The molecule has 7 heteroatoms. The Morgan fingerprint density at radius 1 is 0.958 bits per heavy atom. The first-order valence-electron chi connectivity index (χ1n) is 7.80. The van der Waals surface area contributed by atoms with Crippen LogP contribution in [0.1, 0.15) is 42.5 Å². The van der Waals surface area contributed by atoms with Gasteiger partial charge in [-0.1, -0.05) is 0 Å². The molecule has 0 unspecified atom stereocenters. The third-order valence-corrected chi connectivity index (χ3v) is 3.64. The molecule has 0 saturated heterocycles. The smallest absolute Gasteiger partial charge is 0.345 e. The molecule has 7 nitrogen and oxygen atoms in total. The Kier molecular flexibility index (Phi) is 6.17. The Labute approximate surface area is 139 Å². The molecule has 0 aliphatic carbocycles. The van der Waals surface area contributed by atoms with E-state index in [1.165, 1.54) is 19.2 Å². The molecule has 24 heavy (non-hydrogen) atoms. The second kappa shape index (κ2) is 8.33. The largest absolute Gasteiger partial charge is 0.507 e. The summed E-state index contributed by atoms with van der Waals surface area (Å²) in [5, 5.41) is 10.1. The van der Waals surface area contributed by atoms with Crippen molar-refractivity contribution >= 4 is 17.5 Å². The first-order chi connectivity index (χ1) is 11.5. The lowest BCUT2D eigenvalue weighted by molar-refractivity contribution is -0.136. The molecule has 2 rings (SSSR count). The number of methoxy groups -OCH3 is 1. The third-order valence-electron chi connectivity index (χ3n) is 3.64. The molecular formula is C17H20O7. The van der Waals surface area contributed by atoms with Gasteiger partial charge in [-0.15, -0.1) is 0 Å². The number of benzene rings is 1. The van der Waals surface area contributed by atoms with E-state index < -0.39 is 17.5 Å². The summed E-state index contributed by atoms with van der Waals surface area (Å²) in [7, 11) is 1.42. The van der Waals surface area contributed by atoms with Gasteiger partial charge in [-0.05, 0) is 19.3 Å². The monoisotopic (exact) mass is 336 g/mol. The van der Waals surface area contributed by atoms with E-state index in [1.54, 1.807) is 0 Å². The van der Waals surface area contributed by atoms with Crippen LogP contribution in [-0.2, 0) is 14.3 Å². The van der Waals surface area contributed by atoms with Crippen LogP contribution in [0.3, 0.4) is 0 Å². The van der Waals surface area contributed by atoms with Gasteiger partial charge in [0.2, 0.25) is 0 Å². The lowest BCUT2D eigenvalue weighted by Gasteiger charge is -2.14. The summed E-state index contributed by atoms with van der Waals surface area (Å²) >= 11 is 0. The molecule has 0 radical (unpaired) electrons. The number of ketones is 2. The molecule has 1 aromatic carbocycles. The summed E-state index contributed by atoms with van der Waals surface area (Å²) in [6, 6.07) is 2.77.